The van der Waals surface area contributed by atoms with Crippen LogP contribution in [0.1, 0.15) is 13.3 Å². The van der Waals surface area contributed by atoms with Gasteiger partial charge in [-0.3, -0.25) is 0 Å². The molecule has 0 atom stereocenters. The lowest BCUT2D eigenvalue weighted by Crippen LogP contribution is -1.95. The van der Waals surface area contributed by atoms with E-state index in [0.717, 1.165) is 6.26 Å². The molecule has 0 aromatic rings. The van der Waals surface area contributed by atoms with Gasteiger partial charge in [0.05, 0.1) is 6.26 Å². The molecule has 0 aliphatic carbocycles. The van der Waals surface area contributed by atoms with Crippen LogP contribution in [-0.2, 0) is 4.79 Å². The molecule has 0 unspecified atom stereocenters. The first kappa shape index (κ1) is 13.3. The maximum Gasteiger partial charge on any atom is 0.330 e. The van der Waals surface area contributed by atoms with Crippen LogP contribution in [0.3, 0.4) is 0 Å². The summed E-state index contributed by atoms with van der Waals surface area (Å²) in [7, 11) is 0. The molecule has 0 rings (SSSR count). The minimum Gasteiger partial charge on any atom is -0.516 e. The summed E-state index contributed by atoms with van der Waals surface area (Å²) in [6.07, 6.45) is 2.65. The van der Waals surface area contributed by atoms with Crippen LogP contribution in [-0.4, -0.2) is 27.9 Å². The van der Waals surface area contributed by atoms with Crippen molar-refractivity contribution >= 4 is 5.97 Å². The summed E-state index contributed by atoms with van der Waals surface area (Å²) in [5, 5.41) is 23.9. The Kier molecular flexibility index (Phi) is 10.8. The van der Waals surface area contributed by atoms with Crippen LogP contribution in [0.25, 0.3) is 0 Å². The highest BCUT2D eigenvalue weighted by molar-refractivity contribution is 5.85. The molecule has 70 valence electrons. The second kappa shape index (κ2) is 9.71. The predicted molar refractivity (Wildman–Crippen MR) is 45.9 cm³/mol. The van der Waals surface area contributed by atoms with Gasteiger partial charge in [-0.25, -0.2) is 4.79 Å². The third-order valence-electron chi connectivity index (χ3n) is 0.917. The Morgan fingerprint density at radius 3 is 2.25 bits per heavy atom. The van der Waals surface area contributed by atoms with Crippen LogP contribution >= 0.6 is 0 Å². The monoisotopic (exact) mass is 174 g/mol. The van der Waals surface area contributed by atoms with Crippen LogP contribution in [0.4, 0.5) is 0 Å². The van der Waals surface area contributed by atoms with Crippen molar-refractivity contribution in [2.45, 2.75) is 13.3 Å². The van der Waals surface area contributed by atoms with E-state index in [0.29, 0.717) is 6.42 Å². The Bertz CT molecular complexity index is 160. The number of carbonyl (C=O) groups is 1. The van der Waals surface area contributed by atoms with Crippen LogP contribution < -0.4 is 0 Å². The highest BCUT2D eigenvalue weighted by Crippen LogP contribution is 1.93. The van der Waals surface area contributed by atoms with E-state index in [1.165, 1.54) is 13.0 Å². The average molecular weight is 174 g/mol. The zero-order chi connectivity index (χ0) is 9.98. The van der Waals surface area contributed by atoms with Gasteiger partial charge in [-0.15, -0.1) is 0 Å². The van der Waals surface area contributed by atoms with Gasteiger partial charge in [0.2, 0.25) is 0 Å². The number of aliphatic hydroxyl groups excluding tert-OH is 2. The zero-order valence-corrected chi connectivity index (χ0v) is 7.03. The number of aliphatic hydroxyl groups is 2. The molecule has 4 nitrogen and oxygen atoms in total. The van der Waals surface area contributed by atoms with Gasteiger partial charge >= 0.3 is 5.97 Å². The molecular weight excluding hydrogens is 160 g/mol. The van der Waals surface area contributed by atoms with E-state index < -0.39 is 5.97 Å². The van der Waals surface area contributed by atoms with Gasteiger partial charge in [0.15, 0.2) is 0 Å². The smallest absolute Gasteiger partial charge is 0.330 e. The van der Waals surface area contributed by atoms with Crippen molar-refractivity contribution in [3.8, 4) is 0 Å². The lowest BCUT2D eigenvalue weighted by molar-refractivity contribution is -0.132. The number of hydrogen-bond acceptors (Lipinski definition) is 3. The Morgan fingerprint density at radius 2 is 2.00 bits per heavy atom. The van der Waals surface area contributed by atoms with E-state index in [4.69, 9.17) is 15.3 Å². The number of carboxylic acid groups (broad SMARTS) is 1. The second-order valence-corrected chi connectivity index (χ2v) is 1.89. The number of hydrogen-bond donors (Lipinski definition) is 3. The number of carboxylic acids is 1. The Balaban J connectivity index is 0. The van der Waals surface area contributed by atoms with Gasteiger partial charge in [-0.1, -0.05) is 12.7 Å². The predicted octanol–water partition coefficient (Wildman–Crippen LogP) is 1.09. The van der Waals surface area contributed by atoms with Crippen molar-refractivity contribution in [3.05, 3.63) is 24.5 Å². The summed E-state index contributed by atoms with van der Waals surface area (Å²) in [6.45, 7) is 4.42. The number of rotatable bonds is 3. The maximum absolute atomic E-state index is 10.1. The molecule has 0 heterocycles. The van der Waals surface area contributed by atoms with Crippen LogP contribution in [0.15, 0.2) is 24.5 Å². The zero-order valence-electron chi connectivity index (χ0n) is 7.03. The highest BCUT2D eigenvalue weighted by atomic mass is 16.4. The highest BCUT2D eigenvalue weighted by Gasteiger charge is 1.96. The largest absolute Gasteiger partial charge is 0.516 e. The van der Waals surface area contributed by atoms with Gasteiger partial charge in [-0.05, 0) is 13.3 Å². The molecule has 0 aromatic carbocycles. The normalized spacial score (nSPS) is 9.67. The molecule has 0 saturated heterocycles. The summed E-state index contributed by atoms with van der Waals surface area (Å²) in [5.74, 6) is -0.927. The molecule has 4 heteroatoms. The summed E-state index contributed by atoms with van der Waals surface area (Å²) in [6, 6.07) is 0. The summed E-state index contributed by atoms with van der Waals surface area (Å²) < 4.78 is 0. The number of aliphatic carboxylic acids is 1. The van der Waals surface area contributed by atoms with Crippen LogP contribution in [0.2, 0.25) is 0 Å². The van der Waals surface area contributed by atoms with E-state index in [1.807, 2.05) is 0 Å². The molecular formula is C8H14O4. The Labute approximate surface area is 71.5 Å². The Morgan fingerprint density at radius 1 is 1.58 bits per heavy atom. The lowest BCUT2D eigenvalue weighted by atomic mass is 10.2. The van der Waals surface area contributed by atoms with Gasteiger partial charge in [0.25, 0.3) is 0 Å². The standard InChI is InChI=1S/C6H10O3.C2H4O/c1-5(6(8)9)3-2-4-7;1-2-3/h3,7H,2,4H2,1H3,(H,8,9);2-3H,1H2. The molecule has 0 fully saturated rings. The van der Waals surface area contributed by atoms with E-state index in [1.54, 1.807) is 0 Å². The second-order valence-electron chi connectivity index (χ2n) is 1.89. The van der Waals surface area contributed by atoms with Crippen molar-refractivity contribution in [1.29, 1.82) is 0 Å². The molecule has 0 radical (unpaired) electrons. The van der Waals surface area contributed by atoms with Gasteiger partial charge in [-0.2, -0.15) is 0 Å². The maximum atomic E-state index is 10.1. The van der Waals surface area contributed by atoms with Crippen molar-refractivity contribution in [2.75, 3.05) is 6.61 Å². The Hall–Kier alpha value is -1.29. The third-order valence-corrected chi connectivity index (χ3v) is 0.917. The summed E-state index contributed by atoms with van der Waals surface area (Å²) in [5.41, 5.74) is 0.282. The first-order valence-corrected chi connectivity index (χ1v) is 3.36. The molecule has 0 aliphatic rings. The van der Waals surface area contributed by atoms with Crippen molar-refractivity contribution in [1.82, 2.24) is 0 Å². The summed E-state index contributed by atoms with van der Waals surface area (Å²) in [4.78, 5) is 10.1. The van der Waals surface area contributed by atoms with Crippen molar-refractivity contribution in [3.63, 3.8) is 0 Å². The minimum absolute atomic E-state index is 0.00458. The first-order valence-electron chi connectivity index (χ1n) is 3.36. The van der Waals surface area contributed by atoms with E-state index >= 15 is 0 Å². The molecule has 12 heavy (non-hydrogen) atoms. The minimum atomic E-state index is -0.927. The topological polar surface area (TPSA) is 77.8 Å². The fourth-order valence-electron chi connectivity index (χ4n) is 0.368. The van der Waals surface area contributed by atoms with Crippen molar-refractivity contribution in [2.24, 2.45) is 0 Å². The van der Waals surface area contributed by atoms with E-state index in [2.05, 4.69) is 6.58 Å². The molecule has 0 bridgehead atoms. The fraction of sp³-hybridized carbons (Fsp3) is 0.375. The molecule has 0 spiro atoms. The molecule has 0 aromatic heterocycles. The van der Waals surface area contributed by atoms with Crippen LogP contribution in [0, 0.1) is 0 Å². The summed E-state index contributed by atoms with van der Waals surface area (Å²) >= 11 is 0. The van der Waals surface area contributed by atoms with Crippen LogP contribution in [0.5, 0.6) is 0 Å². The lowest BCUT2D eigenvalue weighted by Gasteiger charge is -1.89. The third kappa shape index (κ3) is 11.5. The quantitative estimate of drug-likeness (QED) is 0.442. The van der Waals surface area contributed by atoms with Gasteiger partial charge in [0.1, 0.15) is 0 Å². The molecule has 0 aliphatic heterocycles. The van der Waals surface area contributed by atoms with Gasteiger partial charge < -0.3 is 15.3 Å². The molecule has 0 amide bonds. The SMILES string of the molecule is C=CO.CC(=CCCO)C(=O)O. The molecule has 0 saturated carbocycles. The van der Waals surface area contributed by atoms with Gasteiger partial charge in [0, 0.05) is 12.2 Å². The van der Waals surface area contributed by atoms with Crippen molar-refractivity contribution < 1.29 is 20.1 Å². The average Bonchev–Trinajstić information content (AvgIpc) is 2.01. The van der Waals surface area contributed by atoms with E-state index in [-0.39, 0.29) is 12.2 Å². The first-order chi connectivity index (χ1) is 5.59. The van der Waals surface area contributed by atoms with E-state index in [9.17, 15) is 4.79 Å². The fourth-order valence-corrected chi connectivity index (χ4v) is 0.368. The molecule has 3 N–H and O–H groups in total.